The third-order valence-electron chi connectivity index (χ3n) is 5.02. The summed E-state index contributed by atoms with van der Waals surface area (Å²) in [6.07, 6.45) is 2.31. The largest absolute Gasteiger partial charge is 0.496 e. The Morgan fingerprint density at radius 2 is 1.85 bits per heavy atom. The number of ether oxygens (including phenoxy) is 1. The summed E-state index contributed by atoms with van der Waals surface area (Å²) >= 11 is 0. The van der Waals surface area contributed by atoms with E-state index in [0.29, 0.717) is 6.54 Å². The summed E-state index contributed by atoms with van der Waals surface area (Å²) in [7, 11) is 1.66. The highest BCUT2D eigenvalue weighted by atomic mass is 16.5. The maximum absolute atomic E-state index is 12.2. The number of nitrogens with one attached hydrogen (secondary N) is 2. The zero-order valence-corrected chi connectivity index (χ0v) is 16.5. The Bertz CT molecular complexity index is 629. The fourth-order valence-electron chi connectivity index (χ4n) is 3.29. The summed E-state index contributed by atoms with van der Waals surface area (Å²) in [4.78, 5) is 26.5. The van der Waals surface area contributed by atoms with Gasteiger partial charge in [-0.05, 0) is 37.9 Å². The van der Waals surface area contributed by atoms with Crippen LogP contribution in [-0.4, -0.2) is 56.0 Å². The van der Waals surface area contributed by atoms with Crippen LogP contribution < -0.4 is 21.1 Å². The minimum atomic E-state index is -0.608. The van der Waals surface area contributed by atoms with E-state index in [-0.39, 0.29) is 30.3 Å². The van der Waals surface area contributed by atoms with E-state index in [2.05, 4.69) is 15.5 Å². The number of nitrogens with zero attached hydrogens (tertiary/aromatic N) is 1. The molecule has 0 aliphatic carbocycles. The van der Waals surface area contributed by atoms with Crippen molar-refractivity contribution in [1.29, 1.82) is 0 Å². The van der Waals surface area contributed by atoms with Gasteiger partial charge in [-0.25, -0.2) is 0 Å². The van der Waals surface area contributed by atoms with Crippen LogP contribution in [0.1, 0.15) is 38.3 Å². The molecule has 27 heavy (non-hydrogen) atoms. The average molecular weight is 377 g/mol. The van der Waals surface area contributed by atoms with Crippen LogP contribution in [0.5, 0.6) is 5.75 Å². The van der Waals surface area contributed by atoms with Crippen molar-refractivity contribution < 1.29 is 14.3 Å². The van der Waals surface area contributed by atoms with Crippen LogP contribution in [0.2, 0.25) is 0 Å². The number of hydrogen-bond donors (Lipinski definition) is 3. The summed E-state index contributed by atoms with van der Waals surface area (Å²) in [5.41, 5.74) is 6.86. The van der Waals surface area contributed by atoms with Crippen LogP contribution >= 0.6 is 0 Å². The maximum atomic E-state index is 12.2. The molecule has 0 spiro atoms. The predicted molar refractivity (Wildman–Crippen MR) is 105 cm³/mol. The van der Waals surface area contributed by atoms with Crippen molar-refractivity contribution in [3.63, 3.8) is 0 Å². The highest BCUT2D eigenvalue weighted by Crippen LogP contribution is 2.31. The standard InChI is InChI=1S/C20H32N4O3/c1-14(2)19(21)20(26)23-13-18(25)22-12-16(24-10-6-7-11-24)15-8-4-5-9-17(15)27-3/h4-5,8-9,14,16,19H,6-7,10-13,21H2,1-3H3,(H,22,25)(H,23,26)/t16?,19-/m0/s1. The van der Waals surface area contributed by atoms with Gasteiger partial charge in [-0.3, -0.25) is 14.5 Å². The van der Waals surface area contributed by atoms with Gasteiger partial charge in [0, 0.05) is 12.1 Å². The lowest BCUT2D eigenvalue weighted by atomic mass is 10.0. The molecule has 1 aromatic rings. The summed E-state index contributed by atoms with van der Waals surface area (Å²) in [5, 5.41) is 5.55. The first kappa shape index (κ1) is 21.2. The summed E-state index contributed by atoms with van der Waals surface area (Å²) in [6.45, 7) is 6.14. The van der Waals surface area contributed by atoms with Crippen LogP contribution in [0.4, 0.5) is 0 Å². The molecule has 1 aromatic carbocycles. The Hall–Kier alpha value is -2.12. The molecule has 2 amide bonds. The van der Waals surface area contributed by atoms with Gasteiger partial charge in [0.15, 0.2) is 0 Å². The number of benzene rings is 1. The molecule has 7 nitrogen and oxygen atoms in total. The molecule has 1 heterocycles. The second-order valence-electron chi connectivity index (χ2n) is 7.29. The van der Waals surface area contributed by atoms with Crippen LogP contribution in [0, 0.1) is 5.92 Å². The molecule has 1 aliphatic heterocycles. The smallest absolute Gasteiger partial charge is 0.239 e. The number of para-hydroxylation sites is 1. The van der Waals surface area contributed by atoms with E-state index in [1.165, 1.54) is 0 Å². The van der Waals surface area contributed by atoms with Gasteiger partial charge in [0.25, 0.3) is 0 Å². The molecule has 0 bridgehead atoms. The fourth-order valence-corrected chi connectivity index (χ4v) is 3.29. The van der Waals surface area contributed by atoms with E-state index >= 15 is 0 Å². The molecule has 1 aliphatic rings. The zero-order valence-electron chi connectivity index (χ0n) is 16.5. The van der Waals surface area contributed by atoms with Gasteiger partial charge in [0.2, 0.25) is 11.8 Å². The van der Waals surface area contributed by atoms with Crippen molar-refractivity contribution in [3.8, 4) is 5.75 Å². The minimum absolute atomic E-state index is 0.0261. The van der Waals surface area contributed by atoms with Crippen molar-refractivity contribution >= 4 is 11.8 Å². The Balaban J connectivity index is 1.96. The first-order valence-electron chi connectivity index (χ1n) is 9.61. The third kappa shape index (κ3) is 5.94. The number of carbonyl (C=O) groups excluding carboxylic acids is 2. The molecule has 0 saturated carbocycles. The average Bonchev–Trinajstić information content (AvgIpc) is 3.20. The van der Waals surface area contributed by atoms with Gasteiger partial charge in [-0.15, -0.1) is 0 Å². The van der Waals surface area contributed by atoms with Crippen molar-refractivity contribution in [3.05, 3.63) is 29.8 Å². The Morgan fingerprint density at radius 1 is 1.19 bits per heavy atom. The van der Waals surface area contributed by atoms with Gasteiger partial charge in [0.1, 0.15) is 5.75 Å². The Morgan fingerprint density at radius 3 is 2.48 bits per heavy atom. The number of carbonyl (C=O) groups is 2. The van der Waals surface area contributed by atoms with E-state index in [1.807, 2.05) is 38.1 Å². The quantitative estimate of drug-likeness (QED) is 0.599. The minimum Gasteiger partial charge on any atom is -0.496 e. The number of methoxy groups -OCH3 is 1. The lowest BCUT2D eigenvalue weighted by molar-refractivity contribution is -0.127. The van der Waals surface area contributed by atoms with Crippen LogP contribution in [0.15, 0.2) is 24.3 Å². The van der Waals surface area contributed by atoms with E-state index in [4.69, 9.17) is 10.5 Å². The van der Waals surface area contributed by atoms with Crippen LogP contribution in [0.25, 0.3) is 0 Å². The van der Waals surface area contributed by atoms with Gasteiger partial charge >= 0.3 is 0 Å². The maximum Gasteiger partial charge on any atom is 0.239 e. The van der Waals surface area contributed by atoms with Crippen LogP contribution in [0.3, 0.4) is 0 Å². The summed E-state index contributed by atoms with van der Waals surface area (Å²) in [6, 6.07) is 7.33. The number of rotatable bonds is 9. The molecule has 7 heteroatoms. The number of hydrogen-bond acceptors (Lipinski definition) is 5. The van der Waals surface area contributed by atoms with Crippen molar-refractivity contribution in [2.45, 2.75) is 38.8 Å². The van der Waals surface area contributed by atoms with E-state index < -0.39 is 6.04 Å². The van der Waals surface area contributed by atoms with Crippen LogP contribution in [-0.2, 0) is 9.59 Å². The second kappa shape index (κ2) is 10.3. The van der Waals surface area contributed by atoms with Crippen molar-refractivity contribution in [1.82, 2.24) is 15.5 Å². The van der Waals surface area contributed by atoms with Gasteiger partial charge in [0.05, 0.1) is 25.7 Å². The van der Waals surface area contributed by atoms with E-state index in [1.54, 1.807) is 7.11 Å². The summed E-state index contributed by atoms with van der Waals surface area (Å²) < 4.78 is 5.51. The van der Waals surface area contributed by atoms with Gasteiger partial charge < -0.3 is 21.1 Å². The molecule has 0 radical (unpaired) electrons. The molecular formula is C20H32N4O3. The molecule has 1 saturated heterocycles. The number of amides is 2. The fraction of sp³-hybridized carbons (Fsp3) is 0.600. The van der Waals surface area contributed by atoms with E-state index in [9.17, 15) is 9.59 Å². The molecule has 2 rings (SSSR count). The Kier molecular flexibility index (Phi) is 8.06. The zero-order chi connectivity index (χ0) is 19.8. The third-order valence-corrected chi connectivity index (χ3v) is 5.02. The Labute approximate surface area is 161 Å². The molecular weight excluding hydrogens is 344 g/mol. The lowest BCUT2D eigenvalue weighted by Gasteiger charge is -2.29. The SMILES string of the molecule is COc1ccccc1C(CNC(=O)CNC(=O)[C@@H](N)C(C)C)N1CCCC1. The molecule has 4 N–H and O–H groups in total. The van der Waals surface area contributed by atoms with Gasteiger partial charge in [-0.2, -0.15) is 0 Å². The van der Waals surface area contributed by atoms with Crippen molar-refractivity contribution in [2.75, 3.05) is 33.3 Å². The normalized spacial score (nSPS) is 16.8. The number of likely N-dealkylation sites (tertiary alicyclic amines) is 1. The summed E-state index contributed by atoms with van der Waals surface area (Å²) in [5.74, 6) is 0.317. The first-order valence-corrected chi connectivity index (χ1v) is 9.61. The first-order chi connectivity index (χ1) is 12.9. The molecule has 2 atom stereocenters. The molecule has 1 fully saturated rings. The monoisotopic (exact) mass is 376 g/mol. The number of nitrogens with two attached hydrogens (primary N) is 1. The van der Waals surface area contributed by atoms with Gasteiger partial charge in [-0.1, -0.05) is 32.0 Å². The highest BCUT2D eigenvalue weighted by Gasteiger charge is 2.26. The molecule has 150 valence electrons. The topological polar surface area (TPSA) is 96.7 Å². The highest BCUT2D eigenvalue weighted by molar-refractivity contribution is 5.87. The lowest BCUT2D eigenvalue weighted by Crippen LogP contribution is -2.48. The van der Waals surface area contributed by atoms with Crippen molar-refractivity contribution in [2.24, 2.45) is 11.7 Å². The molecule has 1 unspecified atom stereocenters. The molecule has 0 aromatic heterocycles. The predicted octanol–water partition coefficient (Wildman–Crippen LogP) is 1.05. The second-order valence-corrected chi connectivity index (χ2v) is 7.29. The van der Waals surface area contributed by atoms with E-state index in [0.717, 1.165) is 37.2 Å².